The first-order chi connectivity index (χ1) is 18.8. The third-order valence-electron chi connectivity index (χ3n) is 6.26. The third kappa shape index (κ3) is 7.46. The molecule has 0 aromatic heterocycles. The lowest BCUT2D eigenvalue weighted by Gasteiger charge is -2.21. The molecule has 0 saturated heterocycles. The molecule has 5 nitrogen and oxygen atoms in total. The van der Waals surface area contributed by atoms with Crippen molar-refractivity contribution in [1.29, 1.82) is 0 Å². The molecule has 0 N–H and O–H groups in total. The molecule has 3 aromatic carbocycles. The minimum Gasteiger partial charge on any atom is -0.372 e. The van der Waals surface area contributed by atoms with Gasteiger partial charge >= 0.3 is 0 Å². The largest absolute Gasteiger partial charge is 0.372 e. The van der Waals surface area contributed by atoms with Crippen molar-refractivity contribution in [1.82, 2.24) is 0 Å². The lowest BCUT2D eigenvalue weighted by Crippen LogP contribution is -2.21. The summed E-state index contributed by atoms with van der Waals surface area (Å²) >= 11 is 0. The standard InChI is InChI=1S/C34H31N3O2/c1-7-26-17-28(22-32(20-26)35(9-3)10-4)13-15-30-19-31(25-34(24-30)37(38)39)16-14-29-18-27(8-2)21-33(23-29)36(11-5)12-6/h1-2,17-25H,9-12H2,3-6H3. The van der Waals surface area contributed by atoms with Crippen molar-refractivity contribution in [3.05, 3.63) is 98.1 Å². The van der Waals surface area contributed by atoms with Crippen LogP contribution in [-0.2, 0) is 0 Å². The van der Waals surface area contributed by atoms with Gasteiger partial charge in [0, 0.05) is 83.1 Å². The van der Waals surface area contributed by atoms with Crippen molar-refractivity contribution >= 4 is 17.1 Å². The first-order valence-electron chi connectivity index (χ1n) is 12.9. The SMILES string of the molecule is C#Cc1cc(C#Cc2cc(C#Cc3cc(C#C)cc(N(CC)CC)c3)cc([N+](=O)[O-])c2)cc(N(CC)CC)c1. The van der Waals surface area contributed by atoms with Gasteiger partial charge in [-0.15, -0.1) is 12.8 Å². The van der Waals surface area contributed by atoms with Crippen molar-refractivity contribution in [2.75, 3.05) is 36.0 Å². The van der Waals surface area contributed by atoms with Gasteiger partial charge in [0.2, 0.25) is 0 Å². The second kappa shape index (κ2) is 13.4. The van der Waals surface area contributed by atoms with Crippen LogP contribution in [0.1, 0.15) is 61.1 Å². The van der Waals surface area contributed by atoms with Crippen LogP contribution in [0.15, 0.2) is 54.6 Å². The third-order valence-corrected chi connectivity index (χ3v) is 6.26. The van der Waals surface area contributed by atoms with Gasteiger partial charge in [0.15, 0.2) is 0 Å². The van der Waals surface area contributed by atoms with E-state index in [1.54, 1.807) is 6.07 Å². The molecule has 0 unspecified atom stereocenters. The minimum atomic E-state index is -0.439. The zero-order valence-electron chi connectivity index (χ0n) is 22.8. The van der Waals surface area contributed by atoms with Crippen LogP contribution < -0.4 is 9.80 Å². The van der Waals surface area contributed by atoms with Crippen molar-refractivity contribution < 1.29 is 4.92 Å². The van der Waals surface area contributed by atoms with Crippen LogP contribution in [0.5, 0.6) is 0 Å². The Kier molecular flexibility index (Phi) is 9.82. The van der Waals surface area contributed by atoms with Gasteiger partial charge in [-0.25, -0.2) is 0 Å². The summed E-state index contributed by atoms with van der Waals surface area (Å²) in [5, 5.41) is 11.6. The highest BCUT2D eigenvalue weighted by atomic mass is 16.6. The van der Waals surface area contributed by atoms with Crippen LogP contribution in [0.4, 0.5) is 17.1 Å². The zero-order valence-corrected chi connectivity index (χ0v) is 22.8. The van der Waals surface area contributed by atoms with E-state index in [0.29, 0.717) is 11.1 Å². The molecule has 0 fully saturated rings. The van der Waals surface area contributed by atoms with Crippen LogP contribution in [0, 0.1) is 58.5 Å². The Bertz CT molecular complexity index is 1470. The molecule has 0 amide bonds. The lowest BCUT2D eigenvalue weighted by molar-refractivity contribution is -0.384. The van der Waals surface area contributed by atoms with E-state index in [-0.39, 0.29) is 5.69 Å². The topological polar surface area (TPSA) is 49.6 Å². The predicted octanol–water partition coefficient (Wildman–Crippen LogP) is 6.05. The van der Waals surface area contributed by atoms with Crippen LogP contribution in [0.2, 0.25) is 0 Å². The first kappa shape index (κ1) is 28.5. The molecular formula is C34H31N3O2. The first-order valence-corrected chi connectivity index (χ1v) is 12.9. The van der Waals surface area contributed by atoms with E-state index >= 15 is 0 Å². The molecule has 3 aromatic rings. The number of benzene rings is 3. The average molecular weight is 514 g/mol. The van der Waals surface area contributed by atoms with E-state index in [2.05, 4.69) is 73.0 Å². The molecule has 0 saturated carbocycles. The maximum absolute atomic E-state index is 11.6. The van der Waals surface area contributed by atoms with Crippen LogP contribution in [0.3, 0.4) is 0 Å². The Morgan fingerprint density at radius 1 is 0.590 bits per heavy atom. The van der Waals surface area contributed by atoms with Crippen LogP contribution in [-0.4, -0.2) is 31.1 Å². The van der Waals surface area contributed by atoms with E-state index in [9.17, 15) is 10.1 Å². The van der Waals surface area contributed by atoms with E-state index in [1.165, 1.54) is 12.1 Å². The van der Waals surface area contributed by atoms with Gasteiger partial charge < -0.3 is 9.80 Å². The molecular weight excluding hydrogens is 482 g/mol. The fraction of sp³-hybridized carbons (Fsp3) is 0.235. The molecule has 0 atom stereocenters. The summed E-state index contributed by atoms with van der Waals surface area (Å²) < 4.78 is 0. The molecule has 0 aliphatic carbocycles. The predicted molar refractivity (Wildman–Crippen MR) is 161 cm³/mol. The van der Waals surface area contributed by atoms with E-state index in [0.717, 1.165) is 59.8 Å². The summed E-state index contributed by atoms with van der Waals surface area (Å²) in [6, 6.07) is 16.2. The fourth-order valence-electron chi connectivity index (χ4n) is 4.23. The second-order valence-electron chi connectivity index (χ2n) is 8.70. The summed E-state index contributed by atoms with van der Waals surface area (Å²) in [6.07, 6.45) is 11.3. The number of terminal acetylenes is 2. The summed E-state index contributed by atoms with van der Waals surface area (Å²) in [6.45, 7) is 11.7. The Morgan fingerprint density at radius 3 is 1.21 bits per heavy atom. The smallest absolute Gasteiger partial charge is 0.271 e. The Hall–Kier alpha value is -5.10. The molecule has 0 aliphatic rings. The van der Waals surface area contributed by atoms with E-state index in [4.69, 9.17) is 12.8 Å². The van der Waals surface area contributed by atoms with Gasteiger partial charge in [0.05, 0.1) is 4.92 Å². The number of non-ortho nitro benzene ring substituents is 1. The van der Waals surface area contributed by atoms with Crippen molar-refractivity contribution in [3.8, 4) is 48.4 Å². The normalized spacial score (nSPS) is 9.69. The van der Waals surface area contributed by atoms with Gasteiger partial charge in [0.1, 0.15) is 0 Å². The maximum atomic E-state index is 11.6. The molecule has 0 aliphatic heterocycles. The number of hydrogen-bond acceptors (Lipinski definition) is 4. The van der Waals surface area contributed by atoms with Crippen LogP contribution >= 0.6 is 0 Å². The summed E-state index contributed by atoms with van der Waals surface area (Å²) in [7, 11) is 0. The monoisotopic (exact) mass is 513 g/mol. The number of rotatable bonds is 7. The molecule has 0 radical (unpaired) electrons. The van der Waals surface area contributed by atoms with Crippen molar-refractivity contribution in [2.24, 2.45) is 0 Å². The highest BCUT2D eigenvalue weighted by molar-refractivity contribution is 5.62. The zero-order chi connectivity index (χ0) is 28.4. The summed E-state index contributed by atoms with van der Waals surface area (Å²) in [5.41, 5.74) is 5.82. The Balaban J connectivity index is 2.04. The highest BCUT2D eigenvalue weighted by Crippen LogP contribution is 2.21. The lowest BCUT2D eigenvalue weighted by atomic mass is 10.1. The van der Waals surface area contributed by atoms with Gasteiger partial charge in [-0.2, -0.15) is 0 Å². The highest BCUT2D eigenvalue weighted by Gasteiger charge is 2.09. The number of nitrogens with zero attached hydrogens (tertiary/aromatic N) is 3. The minimum absolute atomic E-state index is 0.0755. The fourth-order valence-corrected chi connectivity index (χ4v) is 4.23. The maximum Gasteiger partial charge on any atom is 0.271 e. The van der Waals surface area contributed by atoms with Crippen LogP contribution in [0.25, 0.3) is 0 Å². The van der Waals surface area contributed by atoms with Crippen molar-refractivity contribution in [3.63, 3.8) is 0 Å². The summed E-state index contributed by atoms with van der Waals surface area (Å²) in [5.74, 6) is 17.7. The number of nitro groups is 1. The van der Waals surface area contributed by atoms with E-state index in [1.807, 2.05) is 36.4 Å². The quantitative estimate of drug-likeness (QED) is 0.219. The van der Waals surface area contributed by atoms with Crippen molar-refractivity contribution in [2.45, 2.75) is 27.7 Å². The van der Waals surface area contributed by atoms with Gasteiger partial charge in [-0.05, 0) is 70.2 Å². The molecule has 3 rings (SSSR count). The molecule has 5 heteroatoms. The number of anilines is 2. The Morgan fingerprint density at radius 2 is 0.897 bits per heavy atom. The molecule has 194 valence electrons. The number of hydrogen-bond donors (Lipinski definition) is 0. The van der Waals surface area contributed by atoms with Gasteiger partial charge in [0.25, 0.3) is 5.69 Å². The number of nitro benzene ring substituents is 1. The van der Waals surface area contributed by atoms with E-state index < -0.39 is 4.92 Å². The van der Waals surface area contributed by atoms with Gasteiger partial charge in [-0.1, -0.05) is 35.5 Å². The van der Waals surface area contributed by atoms with Gasteiger partial charge in [-0.3, -0.25) is 10.1 Å². The molecule has 39 heavy (non-hydrogen) atoms. The Labute approximate surface area is 232 Å². The summed E-state index contributed by atoms with van der Waals surface area (Å²) in [4.78, 5) is 15.6. The average Bonchev–Trinajstić information content (AvgIpc) is 2.96. The molecule has 0 bridgehead atoms. The molecule has 0 heterocycles. The second-order valence-corrected chi connectivity index (χ2v) is 8.70. The molecule has 0 spiro atoms.